The number of benzene rings is 2. The van der Waals surface area contributed by atoms with E-state index in [2.05, 4.69) is 10.1 Å². The molecule has 8 heteroatoms. The minimum Gasteiger partial charge on any atom is -0.493 e. The predicted octanol–water partition coefficient (Wildman–Crippen LogP) is 4.24. The maximum absolute atomic E-state index is 12.6. The fourth-order valence-electron chi connectivity index (χ4n) is 3.45. The molecule has 1 atom stereocenters. The van der Waals surface area contributed by atoms with Crippen LogP contribution in [0.5, 0.6) is 11.5 Å². The number of amides is 1. The van der Waals surface area contributed by atoms with Crippen molar-refractivity contribution in [3.05, 3.63) is 52.9 Å². The Morgan fingerprint density at radius 1 is 1.21 bits per heavy atom. The Kier molecular flexibility index (Phi) is 5.15. The number of methoxy groups -OCH3 is 2. The van der Waals surface area contributed by atoms with Crippen LogP contribution in [0.3, 0.4) is 0 Å². The fraction of sp³-hybridized carbons (Fsp3) is 0.286. The summed E-state index contributed by atoms with van der Waals surface area (Å²) in [6.45, 7) is 2.38. The fourth-order valence-corrected chi connectivity index (χ4v) is 3.62. The van der Waals surface area contributed by atoms with Gasteiger partial charge in [0, 0.05) is 23.7 Å². The number of anilines is 1. The van der Waals surface area contributed by atoms with Crippen LogP contribution in [-0.2, 0) is 4.79 Å². The van der Waals surface area contributed by atoms with Crippen molar-refractivity contribution >= 4 is 23.2 Å². The number of rotatable bonds is 5. The van der Waals surface area contributed by atoms with Crippen LogP contribution < -0.4 is 14.4 Å². The molecule has 3 aromatic rings. The van der Waals surface area contributed by atoms with E-state index in [4.69, 9.17) is 25.6 Å². The maximum atomic E-state index is 12.6. The summed E-state index contributed by atoms with van der Waals surface area (Å²) in [4.78, 5) is 18.8. The molecule has 0 saturated carbocycles. The van der Waals surface area contributed by atoms with Gasteiger partial charge in [0.15, 0.2) is 11.5 Å². The van der Waals surface area contributed by atoms with Gasteiger partial charge in [-0.1, -0.05) is 28.9 Å². The Morgan fingerprint density at radius 3 is 2.76 bits per heavy atom. The summed E-state index contributed by atoms with van der Waals surface area (Å²) in [6.07, 6.45) is 0.294. The first-order valence-corrected chi connectivity index (χ1v) is 9.51. The Morgan fingerprint density at radius 2 is 2.03 bits per heavy atom. The Balaban J connectivity index is 1.59. The van der Waals surface area contributed by atoms with Crippen LogP contribution >= 0.6 is 11.6 Å². The maximum Gasteiger partial charge on any atom is 0.232 e. The first kappa shape index (κ1) is 19.3. The zero-order valence-corrected chi connectivity index (χ0v) is 17.1. The summed E-state index contributed by atoms with van der Waals surface area (Å²) in [5.41, 5.74) is 2.39. The molecule has 1 fully saturated rings. The Hall–Kier alpha value is -3.06. The summed E-state index contributed by atoms with van der Waals surface area (Å²) >= 11 is 6.22. The molecule has 4 rings (SSSR count). The molecule has 0 bridgehead atoms. The van der Waals surface area contributed by atoms with Gasteiger partial charge >= 0.3 is 0 Å². The molecular formula is C21H20ClN3O4. The molecule has 150 valence electrons. The third-order valence-corrected chi connectivity index (χ3v) is 5.43. The molecule has 1 aromatic heterocycles. The lowest BCUT2D eigenvalue weighted by Gasteiger charge is -2.17. The van der Waals surface area contributed by atoms with Gasteiger partial charge in [-0.15, -0.1) is 0 Å². The van der Waals surface area contributed by atoms with E-state index in [1.807, 2.05) is 31.2 Å². The normalized spacial score (nSPS) is 16.3. The van der Waals surface area contributed by atoms with Gasteiger partial charge in [-0.2, -0.15) is 4.98 Å². The zero-order chi connectivity index (χ0) is 20.5. The van der Waals surface area contributed by atoms with E-state index in [-0.39, 0.29) is 11.8 Å². The lowest BCUT2D eigenvalue weighted by molar-refractivity contribution is -0.117. The number of carbonyl (C=O) groups is 1. The monoisotopic (exact) mass is 413 g/mol. The number of ether oxygens (including phenoxy) is 2. The SMILES string of the molecule is COc1cccc(-c2noc([C@@H]3CC(=O)N(c4ccc(C)c(Cl)c4)C3)n2)c1OC. The summed E-state index contributed by atoms with van der Waals surface area (Å²) in [5.74, 6) is 1.71. The van der Waals surface area contributed by atoms with E-state index in [1.54, 1.807) is 31.3 Å². The zero-order valence-electron chi connectivity index (χ0n) is 16.3. The Labute approximate surface area is 173 Å². The molecule has 1 aliphatic rings. The topological polar surface area (TPSA) is 77.7 Å². The molecular weight excluding hydrogens is 394 g/mol. The molecule has 0 N–H and O–H groups in total. The molecule has 2 aromatic carbocycles. The lowest BCUT2D eigenvalue weighted by Crippen LogP contribution is -2.24. The standard InChI is InChI=1S/C21H20ClN3O4/c1-12-7-8-14(10-16(12)22)25-11-13(9-18(25)26)21-23-20(24-29-21)15-5-4-6-17(27-2)19(15)28-3/h4-8,10,13H,9,11H2,1-3H3/t13-/m1/s1. The first-order valence-electron chi connectivity index (χ1n) is 9.13. The van der Waals surface area contributed by atoms with E-state index in [9.17, 15) is 4.79 Å². The van der Waals surface area contributed by atoms with E-state index in [0.717, 1.165) is 11.3 Å². The number of halogens is 1. The number of para-hydroxylation sites is 1. The largest absolute Gasteiger partial charge is 0.493 e. The van der Waals surface area contributed by atoms with Crippen molar-refractivity contribution in [2.45, 2.75) is 19.3 Å². The number of hydrogen-bond donors (Lipinski definition) is 0. The van der Waals surface area contributed by atoms with E-state index < -0.39 is 0 Å². The molecule has 1 amide bonds. The average Bonchev–Trinajstić information content (AvgIpc) is 3.36. The van der Waals surface area contributed by atoms with Crippen LogP contribution in [0, 0.1) is 6.92 Å². The van der Waals surface area contributed by atoms with Crippen molar-refractivity contribution in [3.8, 4) is 22.9 Å². The average molecular weight is 414 g/mol. The highest BCUT2D eigenvalue weighted by atomic mass is 35.5. The van der Waals surface area contributed by atoms with Gasteiger partial charge in [0.05, 0.1) is 25.7 Å². The number of aryl methyl sites for hydroxylation is 1. The quantitative estimate of drug-likeness (QED) is 0.622. The molecule has 1 saturated heterocycles. The van der Waals surface area contributed by atoms with Gasteiger partial charge in [-0.3, -0.25) is 4.79 Å². The third-order valence-electron chi connectivity index (χ3n) is 5.03. The van der Waals surface area contributed by atoms with Crippen LogP contribution in [-0.4, -0.2) is 36.8 Å². The van der Waals surface area contributed by atoms with Crippen molar-refractivity contribution in [1.29, 1.82) is 0 Å². The highest BCUT2D eigenvalue weighted by molar-refractivity contribution is 6.31. The molecule has 7 nitrogen and oxygen atoms in total. The highest BCUT2D eigenvalue weighted by Crippen LogP contribution is 2.38. The number of hydrogen-bond acceptors (Lipinski definition) is 6. The van der Waals surface area contributed by atoms with Crippen molar-refractivity contribution in [1.82, 2.24) is 10.1 Å². The van der Waals surface area contributed by atoms with Crippen molar-refractivity contribution < 1.29 is 18.8 Å². The Bertz CT molecular complexity index is 1070. The third kappa shape index (κ3) is 3.53. The molecule has 0 unspecified atom stereocenters. The van der Waals surface area contributed by atoms with Crippen LogP contribution in [0.1, 0.15) is 23.8 Å². The van der Waals surface area contributed by atoms with Gasteiger partial charge in [0.25, 0.3) is 0 Å². The van der Waals surface area contributed by atoms with E-state index in [0.29, 0.717) is 46.8 Å². The number of carbonyl (C=O) groups excluding carboxylic acids is 1. The second kappa shape index (κ2) is 7.75. The minimum atomic E-state index is -0.194. The first-order chi connectivity index (χ1) is 14.0. The summed E-state index contributed by atoms with van der Waals surface area (Å²) in [6, 6.07) is 11.0. The number of nitrogens with zero attached hydrogens (tertiary/aromatic N) is 3. The van der Waals surface area contributed by atoms with Gasteiger partial charge < -0.3 is 18.9 Å². The molecule has 2 heterocycles. The predicted molar refractivity (Wildman–Crippen MR) is 109 cm³/mol. The second-order valence-corrected chi connectivity index (χ2v) is 7.24. The number of aromatic nitrogens is 2. The van der Waals surface area contributed by atoms with Crippen LogP contribution in [0.4, 0.5) is 5.69 Å². The van der Waals surface area contributed by atoms with Gasteiger partial charge in [0.1, 0.15) is 0 Å². The van der Waals surface area contributed by atoms with Crippen molar-refractivity contribution in [2.75, 3.05) is 25.7 Å². The van der Waals surface area contributed by atoms with Gasteiger partial charge in [-0.25, -0.2) is 0 Å². The lowest BCUT2D eigenvalue weighted by atomic mass is 10.1. The molecule has 0 spiro atoms. The van der Waals surface area contributed by atoms with E-state index in [1.165, 1.54) is 0 Å². The second-order valence-electron chi connectivity index (χ2n) is 6.84. The van der Waals surface area contributed by atoms with Crippen molar-refractivity contribution in [3.63, 3.8) is 0 Å². The van der Waals surface area contributed by atoms with Crippen molar-refractivity contribution in [2.24, 2.45) is 0 Å². The van der Waals surface area contributed by atoms with Crippen LogP contribution in [0.25, 0.3) is 11.4 Å². The molecule has 0 radical (unpaired) electrons. The summed E-state index contributed by atoms with van der Waals surface area (Å²) in [7, 11) is 3.13. The molecule has 29 heavy (non-hydrogen) atoms. The van der Waals surface area contributed by atoms with Crippen LogP contribution in [0.2, 0.25) is 5.02 Å². The minimum absolute atomic E-state index is 0.00590. The molecule has 0 aliphatic carbocycles. The smallest absolute Gasteiger partial charge is 0.232 e. The van der Waals surface area contributed by atoms with Gasteiger partial charge in [-0.05, 0) is 36.8 Å². The van der Waals surface area contributed by atoms with E-state index >= 15 is 0 Å². The van der Waals surface area contributed by atoms with Gasteiger partial charge in [0.2, 0.25) is 17.6 Å². The highest BCUT2D eigenvalue weighted by Gasteiger charge is 2.35. The molecule has 1 aliphatic heterocycles. The summed E-state index contributed by atoms with van der Waals surface area (Å²) < 4.78 is 16.3. The summed E-state index contributed by atoms with van der Waals surface area (Å²) in [5, 5.41) is 4.72. The van der Waals surface area contributed by atoms with Crippen LogP contribution in [0.15, 0.2) is 40.9 Å².